The molecule has 3 aromatic carbocycles. The Kier molecular flexibility index (Phi) is 5.13. The van der Waals surface area contributed by atoms with E-state index >= 15 is 0 Å². The number of rotatable bonds is 3. The second-order valence-corrected chi connectivity index (χ2v) is 8.10. The lowest BCUT2D eigenvalue weighted by atomic mass is 10.1. The van der Waals surface area contributed by atoms with E-state index in [0.717, 1.165) is 20.4 Å². The first-order chi connectivity index (χ1) is 13.5. The zero-order chi connectivity index (χ0) is 19.7. The summed E-state index contributed by atoms with van der Waals surface area (Å²) in [6, 6.07) is 21.9. The molecule has 0 unspecified atom stereocenters. The molecule has 0 aliphatic rings. The van der Waals surface area contributed by atoms with Gasteiger partial charge in [-0.25, -0.2) is 4.98 Å². The first kappa shape index (κ1) is 18.6. The Morgan fingerprint density at radius 1 is 0.893 bits per heavy atom. The molecule has 138 valence electrons. The van der Waals surface area contributed by atoms with Gasteiger partial charge >= 0.3 is 0 Å². The summed E-state index contributed by atoms with van der Waals surface area (Å²) in [7, 11) is 0. The Morgan fingerprint density at radius 3 is 2.39 bits per heavy atom. The van der Waals surface area contributed by atoms with Gasteiger partial charge in [0.25, 0.3) is 5.56 Å². The molecule has 0 amide bonds. The third-order valence-electron chi connectivity index (χ3n) is 4.58. The van der Waals surface area contributed by atoms with Crippen LogP contribution in [0.1, 0.15) is 22.5 Å². The summed E-state index contributed by atoms with van der Waals surface area (Å²) >= 11 is 2.22. The Bertz CT molecular complexity index is 1270. The Morgan fingerprint density at radius 2 is 1.64 bits per heavy atom. The highest BCUT2D eigenvalue weighted by Crippen LogP contribution is 2.18. The zero-order valence-corrected chi connectivity index (χ0v) is 17.8. The van der Waals surface area contributed by atoms with Gasteiger partial charge in [-0.3, -0.25) is 9.36 Å². The molecule has 0 spiro atoms. The molecule has 0 radical (unpaired) electrons. The van der Waals surface area contributed by atoms with Gasteiger partial charge in [0, 0.05) is 3.57 Å². The average Bonchev–Trinajstić information content (AvgIpc) is 2.67. The van der Waals surface area contributed by atoms with Crippen LogP contribution in [0.15, 0.2) is 71.5 Å². The molecule has 0 N–H and O–H groups in total. The van der Waals surface area contributed by atoms with E-state index in [4.69, 9.17) is 4.98 Å². The molecule has 4 heteroatoms. The summed E-state index contributed by atoms with van der Waals surface area (Å²) in [5, 5.41) is 0.626. The van der Waals surface area contributed by atoms with Crippen molar-refractivity contribution in [1.29, 1.82) is 0 Å². The molecule has 1 heterocycles. The van der Waals surface area contributed by atoms with E-state index in [9.17, 15) is 4.79 Å². The molecule has 0 aliphatic heterocycles. The molecule has 0 aliphatic carbocycles. The van der Waals surface area contributed by atoms with Crippen LogP contribution in [-0.2, 0) is 0 Å². The van der Waals surface area contributed by atoms with Crippen LogP contribution >= 0.6 is 22.6 Å². The van der Waals surface area contributed by atoms with E-state index in [1.807, 2.05) is 73.7 Å². The normalized spacial score (nSPS) is 11.4. The maximum atomic E-state index is 13.4. The number of halogens is 1. The van der Waals surface area contributed by atoms with Gasteiger partial charge in [0.2, 0.25) is 0 Å². The van der Waals surface area contributed by atoms with Gasteiger partial charge in [-0.15, -0.1) is 0 Å². The number of benzene rings is 3. The summed E-state index contributed by atoms with van der Waals surface area (Å²) in [6.07, 6.45) is 3.91. The predicted molar refractivity (Wildman–Crippen MR) is 125 cm³/mol. The second kappa shape index (κ2) is 7.72. The fraction of sp³-hybridized carbons (Fsp3) is 0.0833. The highest BCUT2D eigenvalue weighted by atomic mass is 127. The molecule has 0 fully saturated rings. The lowest BCUT2D eigenvalue weighted by Crippen LogP contribution is -2.22. The summed E-state index contributed by atoms with van der Waals surface area (Å²) in [5.74, 6) is 0.616. The van der Waals surface area contributed by atoms with Crippen LogP contribution in [0, 0.1) is 17.4 Å². The highest BCUT2D eigenvalue weighted by molar-refractivity contribution is 14.1. The van der Waals surface area contributed by atoms with Crippen LogP contribution < -0.4 is 5.56 Å². The molecule has 0 bridgehead atoms. The van der Waals surface area contributed by atoms with E-state index in [1.165, 1.54) is 5.56 Å². The minimum atomic E-state index is -0.0574. The van der Waals surface area contributed by atoms with E-state index in [1.54, 1.807) is 4.57 Å². The minimum Gasteiger partial charge on any atom is -0.268 e. The number of fused-ring (bicyclic) bond motifs is 1. The zero-order valence-electron chi connectivity index (χ0n) is 15.7. The largest absolute Gasteiger partial charge is 0.268 e. The van der Waals surface area contributed by atoms with Crippen LogP contribution in [-0.4, -0.2) is 9.55 Å². The van der Waals surface area contributed by atoms with Crippen LogP contribution in [0.2, 0.25) is 0 Å². The highest BCUT2D eigenvalue weighted by Gasteiger charge is 2.11. The molecule has 3 nitrogen and oxygen atoms in total. The minimum absolute atomic E-state index is 0.0574. The maximum absolute atomic E-state index is 13.4. The number of hydrogen-bond donors (Lipinski definition) is 0. The molecule has 28 heavy (non-hydrogen) atoms. The molecule has 0 atom stereocenters. The van der Waals surface area contributed by atoms with Crippen LogP contribution in [0.5, 0.6) is 0 Å². The average molecular weight is 478 g/mol. The third-order valence-corrected chi connectivity index (χ3v) is 5.25. The van der Waals surface area contributed by atoms with Crippen molar-refractivity contribution in [3.63, 3.8) is 0 Å². The van der Waals surface area contributed by atoms with Gasteiger partial charge in [0.15, 0.2) is 0 Å². The monoisotopic (exact) mass is 478 g/mol. The quantitative estimate of drug-likeness (QED) is 0.350. The van der Waals surface area contributed by atoms with Crippen molar-refractivity contribution in [2.75, 3.05) is 0 Å². The van der Waals surface area contributed by atoms with Crippen molar-refractivity contribution in [3.8, 4) is 5.69 Å². The fourth-order valence-electron chi connectivity index (χ4n) is 3.25. The molecule has 4 aromatic rings. The molecular formula is C24H19IN2O. The topological polar surface area (TPSA) is 34.9 Å². The number of nitrogens with zero attached hydrogens (tertiary/aromatic N) is 2. The molecule has 0 saturated heterocycles. The van der Waals surface area contributed by atoms with Crippen LogP contribution in [0.3, 0.4) is 0 Å². The molecular weight excluding hydrogens is 459 g/mol. The van der Waals surface area contributed by atoms with E-state index in [-0.39, 0.29) is 5.56 Å². The van der Waals surface area contributed by atoms with E-state index in [0.29, 0.717) is 16.7 Å². The Labute approximate surface area is 177 Å². The standard InChI is InChI=1S/C24H19IN2O/c1-16-5-3-7-18(13-16)9-12-23-26-22-11-10-19(25)15-21(22)24(28)27(23)20-8-4-6-17(2)14-20/h3-15H,1-2H3/b12-9+. The summed E-state index contributed by atoms with van der Waals surface area (Å²) in [5.41, 5.74) is 4.84. The van der Waals surface area contributed by atoms with Gasteiger partial charge in [-0.05, 0) is 84.0 Å². The van der Waals surface area contributed by atoms with Gasteiger partial charge in [0.05, 0.1) is 16.6 Å². The van der Waals surface area contributed by atoms with Gasteiger partial charge < -0.3 is 0 Å². The van der Waals surface area contributed by atoms with Gasteiger partial charge in [0.1, 0.15) is 5.82 Å². The summed E-state index contributed by atoms with van der Waals surface area (Å²) in [6.45, 7) is 4.09. The van der Waals surface area contributed by atoms with E-state index in [2.05, 4.69) is 41.6 Å². The SMILES string of the molecule is Cc1cccc(/C=C/c2nc3ccc(I)cc3c(=O)n2-c2cccc(C)c2)c1. The number of aryl methyl sites for hydroxylation is 2. The summed E-state index contributed by atoms with van der Waals surface area (Å²) < 4.78 is 2.71. The molecule has 0 saturated carbocycles. The molecule has 4 rings (SSSR count). The lowest BCUT2D eigenvalue weighted by molar-refractivity contribution is 0.942. The summed E-state index contributed by atoms with van der Waals surface area (Å²) in [4.78, 5) is 18.2. The Balaban J connectivity index is 1.97. The van der Waals surface area contributed by atoms with Crippen molar-refractivity contribution in [2.45, 2.75) is 13.8 Å². The van der Waals surface area contributed by atoms with Crippen LogP contribution in [0.25, 0.3) is 28.7 Å². The van der Waals surface area contributed by atoms with Gasteiger partial charge in [-0.1, -0.05) is 48.0 Å². The van der Waals surface area contributed by atoms with Crippen molar-refractivity contribution in [3.05, 3.63) is 103 Å². The predicted octanol–water partition coefficient (Wildman–Crippen LogP) is 5.78. The fourth-order valence-corrected chi connectivity index (χ4v) is 3.74. The van der Waals surface area contributed by atoms with Crippen molar-refractivity contribution in [1.82, 2.24) is 9.55 Å². The first-order valence-electron chi connectivity index (χ1n) is 9.05. The third kappa shape index (κ3) is 3.78. The van der Waals surface area contributed by atoms with Crippen molar-refractivity contribution >= 4 is 45.6 Å². The Hall–Kier alpha value is -2.73. The first-order valence-corrected chi connectivity index (χ1v) is 10.1. The second-order valence-electron chi connectivity index (χ2n) is 6.86. The number of aromatic nitrogens is 2. The number of hydrogen-bond acceptors (Lipinski definition) is 2. The smallest absolute Gasteiger partial charge is 0.266 e. The van der Waals surface area contributed by atoms with E-state index < -0.39 is 0 Å². The van der Waals surface area contributed by atoms with Gasteiger partial charge in [-0.2, -0.15) is 0 Å². The molecule has 1 aromatic heterocycles. The van der Waals surface area contributed by atoms with Crippen molar-refractivity contribution in [2.24, 2.45) is 0 Å². The van der Waals surface area contributed by atoms with Crippen molar-refractivity contribution < 1.29 is 0 Å². The lowest BCUT2D eigenvalue weighted by Gasteiger charge is -2.12. The maximum Gasteiger partial charge on any atom is 0.266 e. The van der Waals surface area contributed by atoms with Crippen LogP contribution in [0.4, 0.5) is 0 Å².